The molecule has 0 amide bonds. The second kappa shape index (κ2) is 8.89. The van der Waals surface area contributed by atoms with Gasteiger partial charge in [0.15, 0.2) is 0 Å². The quantitative estimate of drug-likeness (QED) is 0.329. The van der Waals surface area contributed by atoms with Crippen LogP contribution in [0.4, 0.5) is 11.4 Å². The van der Waals surface area contributed by atoms with E-state index < -0.39 is 0 Å². The van der Waals surface area contributed by atoms with Gasteiger partial charge in [0.05, 0.1) is 5.69 Å². The Morgan fingerprint density at radius 2 is 1.31 bits per heavy atom. The Hall–Kier alpha value is -3.56. The molecule has 0 aliphatic carbocycles. The molecule has 0 radical (unpaired) electrons. The van der Waals surface area contributed by atoms with Crippen LogP contribution in [0.5, 0.6) is 5.75 Å². The molecule has 32 heavy (non-hydrogen) atoms. The highest BCUT2D eigenvalue weighted by molar-refractivity contribution is 5.95. The number of phenols is 1. The maximum absolute atomic E-state index is 10.4. The fourth-order valence-electron chi connectivity index (χ4n) is 2.98. The van der Waals surface area contributed by atoms with Crippen molar-refractivity contribution in [1.29, 1.82) is 0 Å². The van der Waals surface area contributed by atoms with Gasteiger partial charge < -0.3 is 5.11 Å². The van der Waals surface area contributed by atoms with E-state index in [-0.39, 0.29) is 16.6 Å². The number of aromatic hydroxyl groups is 1. The molecule has 3 rings (SSSR count). The molecule has 0 fully saturated rings. The summed E-state index contributed by atoms with van der Waals surface area (Å²) in [5, 5.41) is 21.1. The number of nitrogens with zero attached hydrogens (tertiary/aromatic N) is 2. The lowest BCUT2D eigenvalue weighted by molar-refractivity contribution is 0.477. The smallest absolute Gasteiger partial charge is 0.143 e. The van der Waals surface area contributed by atoms with Crippen LogP contribution in [0.3, 0.4) is 0 Å². The second-order valence-electron chi connectivity index (χ2n) is 10.0. The number of fused-ring (bicyclic) bond motifs is 1. The molecule has 0 aliphatic heterocycles. The predicted molar refractivity (Wildman–Crippen MR) is 134 cm³/mol. The van der Waals surface area contributed by atoms with Gasteiger partial charge >= 0.3 is 0 Å². The molecule has 0 saturated heterocycles. The van der Waals surface area contributed by atoms with E-state index >= 15 is 0 Å². The summed E-state index contributed by atoms with van der Waals surface area (Å²) in [6.45, 7) is 14.6. The zero-order chi connectivity index (χ0) is 23.5. The number of rotatable bonds is 2. The van der Waals surface area contributed by atoms with E-state index in [2.05, 4.69) is 75.5 Å². The van der Waals surface area contributed by atoms with Crippen LogP contribution in [0.2, 0.25) is 0 Å². The van der Waals surface area contributed by atoms with E-state index in [1.807, 2.05) is 49.4 Å². The zero-order valence-electron chi connectivity index (χ0n) is 20.0. The normalized spacial score (nSPS) is 11.7. The van der Waals surface area contributed by atoms with Gasteiger partial charge in [-0.1, -0.05) is 54.0 Å². The summed E-state index contributed by atoms with van der Waals surface area (Å²) in [5.74, 6) is 13.3. The van der Waals surface area contributed by atoms with E-state index in [0.29, 0.717) is 11.4 Å². The van der Waals surface area contributed by atoms with Crippen molar-refractivity contribution in [1.82, 2.24) is 0 Å². The third kappa shape index (κ3) is 5.99. The number of hydrogen-bond acceptors (Lipinski definition) is 3. The molecule has 3 nitrogen and oxygen atoms in total. The van der Waals surface area contributed by atoms with E-state index in [4.69, 9.17) is 0 Å². The topological polar surface area (TPSA) is 45.0 Å². The van der Waals surface area contributed by atoms with E-state index in [1.165, 1.54) is 0 Å². The molecule has 162 valence electrons. The number of phenolic OH excluding ortho intramolecular Hbond substituents is 1. The van der Waals surface area contributed by atoms with Crippen molar-refractivity contribution in [2.24, 2.45) is 21.1 Å². The van der Waals surface area contributed by atoms with Crippen LogP contribution in [-0.2, 0) is 0 Å². The monoisotopic (exact) mass is 422 g/mol. The highest BCUT2D eigenvalue weighted by Gasteiger charge is 2.10. The third-order valence-corrected chi connectivity index (χ3v) is 4.68. The number of azo groups is 1. The average molecular weight is 423 g/mol. The molecule has 0 bridgehead atoms. The molecule has 0 heterocycles. The van der Waals surface area contributed by atoms with Crippen LogP contribution < -0.4 is 0 Å². The van der Waals surface area contributed by atoms with Crippen molar-refractivity contribution < 1.29 is 5.11 Å². The van der Waals surface area contributed by atoms with E-state index in [9.17, 15) is 5.11 Å². The first-order valence-electron chi connectivity index (χ1n) is 10.8. The predicted octanol–water partition coefficient (Wildman–Crippen LogP) is 8.06. The Balaban J connectivity index is 2.14. The van der Waals surface area contributed by atoms with Gasteiger partial charge in [-0.25, -0.2) is 0 Å². The number of benzene rings is 3. The summed E-state index contributed by atoms with van der Waals surface area (Å²) in [7, 11) is 0. The van der Waals surface area contributed by atoms with Gasteiger partial charge in [-0.3, -0.25) is 0 Å². The van der Waals surface area contributed by atoms with E-state index in [1.54, 1.807) is 6.07 Å². The van der Waals surface area contributed by atoms with Crippen molar-refractivity contribution in [2.75, 3.05) is 0 Å². The van der Waals surface area contributed by atoms with Crippen LogP contribution in [-0.4, -0.2) is 5.11 Å². The zero-order valence-corrected chi connectivity index (χ0v) is 20.0. The Morgan fingerprint density at radius 1 is 0.750 bits per heavy atom. The van der Waals surface area contributed by atoms with Crippen LogP contribution in [0, 0.1) is 41.4 Å². The molecular weight excluding hydrogens is 392 g/mol. The lowest BCUT2D eigenvalue weighted by atomic mass is 9.94. The minimum absolute atomic E-state index is 0.0973. The molecule has 0 aromatic heterocycles. The van der Waals surface area contributed by atoms with Crippen molar-refractivity contribution >= 4 is 22.1 Å². The summed E-state index contributed by atoms with van der Waals surface area (Å²) >= 11 is 0. The Bertz CT molecular complexity index is 1260. The Kier molecular flexibility index (Phi) is 6.42. The minimum atomic E-state index is -0.115. The first-order valence-corrected chi connectivity index (χ1v) is 10.8. The summed E-state index contributed by atoms with van der Waals surface area (Å²) in [5.41, 5.74) is 3.68. The Morgan fingerprint density at radius 3 is 1.88 bits per heavy atom. The first-order chi connectivity index (χ1) is 14.9. The molecule has 3 aromatic carbocycles. The molecule has 0 saturated carbocycles. The maximum Gasteiger partial charge on any atom is 0.143 e. The molecule has 0 spiro atoms. The fraction of sp³-hybridized carbons (Fsp3) is 0.310. The molecule has 0 unspecified atom stereocenters. The summed E-state index contributed by atoms with van der Waals surface area (Å²) in [6.07, 6.45) is 0. The van der Waals surface area contributed by atoms with Crippen LogP contribution >= 0.6 is 0 Å². The van der Waals surface area contributed by atoms with Crippen LogP contribution in [0.25, 0.3) is 10.8 Å². The lowest BCUT2D eigenvalue weighted by Crippen LogP contribution is -2.01. The first kappa shape index (κ1) is 23.1. The van der Waals surface area contributed by atoms with Crippen molar-refractivity contribution in [3.63, 3.8) is 0 Å². The van der Waals surface area contributed by atoms with Gasteiger partial charge in [-0.2, -0.15) is 5.11 Å². The van der Waals surface area contributed by atoms with Gasteiger partial charge in [-0.05, 0) is 77.6 Å². The van der Waals surface area contributed by atoms with Gasteiger partial charge in [0.2, 0.25) is 0 Å². The Labute approximate surface area is 191 Å². The maximum atomic E-state index is 10.4. The van der Waals surface area contributed by atoms with Crippen molar-refractivity contribution in [2.45, 2.75) is 48.5 Å². The highest BCUT2D eigenvalue weighted by atomic mass is 16.3. The standard InChI is InChI=1S/C29H30N2O/c1-20-22(14-16-28(2,3)4)18-24(19-23(20)15-17-29(5,6)7)30-31-27-25-11-9-8-10-21(25)12-13-26(27)32/h8-13,18-19,32H,1-7H3. The molecular formula is C29H30N2O. The average Bonchev–Trinajstić information content (AvgIpc) is 2.70. The highest BCUT2D eigenvalue weighted by Crippen LogP contribution is 2.36. The molecule has 3 heteroatoms. The SMILES string of the molecule is Cc1c(C#CC(C)(C)C)cc(N=Nc2c(O)ccc3ccccc23)cc1C#CC(C)(C)C. The second-order valence-corrected chi connectivity index (χ2v) is 10.0. The van der Waals surface area contributed by atoms with Gasteiger partial charge in [0.25, 0.3) is 0 Å². The van der Waals surface area contributed by atoms with Crippen molar-refractivity contribution in [3.8, 4) is 29.4 Å². The fourth-order valence-corrected chi connectivity index (χ4v) is 2.98. The molecule has 0 atom stereocenters. The molecule has 1 N–H and O–H groups in total. The summed E-state index contributed by atoms with van der Waals surface area (Å²) < 4.78 is 0. The van der Waals surface area contributed by atoms with Gasteiger partial charge in [-0.15, -0.1) is 5.11 Å². The van der Waals surface area contributed by atoms with Crippen molar-refractivity contribution in [3.05, 3.63) is 65.2 Å². The van der Waals surface area contributed by atoms with Crippen LogP contribution in [0.1, 0.15) is 58.2 Å². The van der Waals surface area contributed by atoms with Gasteiger partial charge in [0.1, 0.15) is 11.4 Å². The number of hydrogen-bond donors (Lipinski definition) is 1. The van der Waals surface area contributed by atoms with Crippen LogP contribution in [0.15, 0.2) is 58.8 Å². The van der Waals surface area contributed by atoms with E-state index in [0.717, 1.165) is 27.5 Å². The third-order valence-electron chi connectivity index (χ3n) is 4.68. The lowest BCUT2D eigenvalue weighted by Gasteiger charge is -2.10. The van der Waals surface area contributed by atoms with Gasteiger partial charge in [0, 0.05) is 27.3 Å². The molecule has 0 aliphatic rings. The molecule has 3 aromatic rings. The summed E-state index contributed by atoms with van der Waals surface area (Å²) in [4.78, 5) is 0. The largest absolute Gasteiger partial charge is 0.506 e. The minimum Gasteiger partial charge on any atom is -0.506 e. The summed E-state index contributed by atoms with van der Waals surface area (Å²) in [6, 6.07) is 15.2.